The lowest BCUT2D eigenvalue weighted by Gasteiger charge is -2.30. The molecule has 0 aromatic heterocycles. The van der Waals surface area contributed by atoms with Gasteiger partial charge in [0.05, 0.1) is 6.04 Å². The Morgan fingerprint density at radius 2 is 2.05 bits per heavy atom. The molecule has 2 aliphatic heterocycles. The van der Waals surface area contributed by atoms with E-state index in [1.54, 1.807) is 12.1 Å². The van der Waals surface area contributed by atoms with Gasteiger partial charge in [0.15, 0.2) is 0 Å². The maximum absolute atomic E-state index is 14.1. The molecule has 2 saturated heterocycles. The van der Waals surface area contributed by atoms with E-state index in [9.17, 15) is 9.18 Å². The summed E-state index contributed by atoms with van der Waals surface area (Å²) in [5.74, 6) is 2.71. The second-order valence-corrected chi connectivity index (χ2v) is 7.08. The van der Waals surface area contributed by atoms with Crippen molar-refractivity contribution in [3.63, 3.8) is 0 Å². The second-order valence-electron chi connectivity index (χ2n) is 5.86. The van der Waals surface area contributed by atoms with Crippen LogP contribution in [0, 0.1) is 11.7 Å². The van der Waals surface area contributed by atoms with Crippen molar-refractivity contribution in [2.24, 2.45) is 5.92 Å². The van der Waals surface area contributed by atoms with Crippen LogP contribution < -0.4 is 5.32 Å². The summed E-state index contributed by atoms with van der Waals surface area (Å²) >= 11 is 1.98. The molecule has 1 amide bonds. The molecule has 2 atom stereocenters. The van der Waals surface area contributed by atoms with E-state index in [0.717, 1.165) is 19.4 Å². The zero-order valence-electron chi connectivity index (χ0n) is 12.2. The summed E-state index contributed by atoms with van der Waals surface area (Å²) in [6, 6.07) is 6.49. The maximum Gasteiger partial charge on any atom is 0.241 e. The molecule has 1 aromatic carbocycles. The van der Waals surface area contributed by atoms with E-state index in [0.29, 0.717) is 11.5 Å². The Bertz CT molecular complexity index is 519. The van der Waals surface area contributed by atoms with Gasteiger partial charge in [-0.25, -0.2) is 4.39 Å². The normalized spacial score (nSPS) is 27.3. The first-order chi connectivity index (χ1) is 10.2. The lowest BCUT2D eigenvalue weighted by molar-refractivity contribution is -0.130. The fraction of sp³-hybridized carbons (Fsp3) is 0.562. The number of hydrogen-bond acceptors (Lipinski definition) is 3. The van der Waals surface area contributed by atoms with Gasteiger partial charge in [0.1, 0.15) is 12.0 Å². The van der Waals surface area contributed by atoms with Crippen LogP contribution in [0.15, 0.2) is 24.3 Å². The van der Waals surface area contributed by atoms with Crippen molar-refractivity contribution >= 4 is 17.7 Å². The molecule has 21 heavy (non-hydrogen) atoms. The minimum absolute atomic E-state index is 0.0847. The van der Waals surface area contributed by atoms with Crippen molar-refractivity contribution < 1.29 is 9.18 Å². The van der Waals surface area contributed by atoms with Gasteiger partial charge >= 0.3 is 0 Å². The van der Waals surface area contributed by atoms with E-state index >= 15 is 0 Å². The molecule has 2 fully saturated rings. The van der Waals surface area contributed by atoms with Gasteiger partial charge in [0.2, 0.25) is 5.91 Å². The molecule has 0 radical (unpaired) electrons. The number of nitrogens with zero attached hydrogens (tertiary/aromatic N) is 1. The van der Waals surface area contributed by atoms with E-state index in [1.165, 1.54) is 17.6 Å². The lowest BCUT2D eigenvalue weighted by atomic mass is 10.0. The van der Waals surface area contributed by atoms with E-state index in [4.69, 9.17) is 0 Å². The van der Waals surface area contributed by atoms with Gasteiger partial charge in [-0.3, -0.25) is 10.1 Å². The summed E-state index contributed by atoms with van der Waals surface area (Å²) in [6.45, 7) is 2.59. The monoisotopic (exact) mass is 308 g/mol. The van der Waals surface area contributed by atoms with E-state index in [1.807, 2.05) is 29.7 Å². The van der Waals surface area contributed by atoms with Gasteiger partial charge in [0, 0.05) is 12.1 Å². The summed E-state index contributed by atoms with van der Waals surface area (Å²) in [5, 5.41) is 3.23. The number of nitrogens with one attached hydrogen (secondary N) is 1. The largest absolute Gasteiger partial charge is 0.321 e. The molecule has 1 N–H and O–H groups in total. The Kier molecular flexibility index (Phi) is 4.50. The van der Waals surface area contributed by atoms with Crippen LogP contribution in [0.4, 0.5) is 4.39 Å². The quantitative estimate of drug-likeness (QED) is 0.932. The average molecular weight is 308 g/mol. The predicted octanol–water partition coefficient (Wildman–Crippen LogP) is 2.79. The topological polar surface area (TPSA) is 32.3 Å². The van der Waals surface area contributed by atoms with Crippen molar-refractivity contribution in [3.05, 3.63) is 35.6 Å². The first-order valence-electron chi connectivity index (χ1n) is 7.55. The number of rotatable bonds is 3. The van der Waals surface area contributed by atoms with Gasteiger partial charge in [0.25, 0.3) is 0 Å². The number of halogens is 1. The molecule has 114 valence electrons. The number of hydrogen-bond donors (Lipinski definition) is 1. The van der Waals surface area contributed by atoms with E-state index < -0.39 is 0 Å². The summed E-state index contributed by atoms with van der Waals surface area (Å²) < 4.78 is 14.1. The summed E-state index contributed by atoms with van der Waals surface area (Å²) in [4.78, 5) is 14.2. The lowest BCUT2D eigenvalue weighted by Crippen LogP contribution is -2.36. The van der Waals surface area contributed by atoms with Gasteiger partial charge in [-0.05, 0) is 43.3 Å². The zero-order valence-corrected chi connectivity index (χ0v) is 13.0. The fourth-order valence-electron chi connectivity index (χ4n) is 3.13. The summed E-state index contributed by atoms with van der Waals surface area (Å²) in [6.07, 6.45) is 1.96. The number of thioether (sulfide) groups is 1. The molecule has 2 aliphatic rings. The Morgan fingerprint density at radius 3 is 2.76 bits per heavy atom. The number of carbonyl (C=O) groups is 1. The third kappa shape index (κ3) is 3.09. The van der Waals surface area contributed by atoms with Crippen molar-refractivity contribution in [1.29, 1.82) is 0 Å². The Labute approximate surface area is 129 Å². The number of carbonyl (C=O) groups excluding carboxylic acids is 1. The van der Waals surface area contributed by atoms with Crippen LogP contribution in [0.1, 0.15) is 31.5 Å². The van der Waals surface area contributed by atoms with Crippen LogP contribution in [0.5, 0.6) is 0 Å². The molecule has 3 rings (SSSR count). The highest BCUT2D eigenvalue weighted by Gasteiger charge is 2.39. The number of amides is 1. The van der Waals surface area contributed by atoms with Crippen molar-refractivity contribution in [1.82, 2.24) is 10.2 Å². The molecular formula is C16H21FN2OS. The minimum atomic E-state index is -0.330. The van der Waals surface area contributed by atoms with Crippen LogP contribution in [-0.2, 0) is 4.79 Å². The minimum Gasteiger partial charge on any atom is -0.321 e. The SMILES string of the molecule is CC1NC(c2ccccc2F)N(CC2CCSCC2)C1=O. The van der Waals surface area contributed by atoms with Gasteiger partial charge in [-0.2, -0.15) is 11.8 Å². The predicted molar refractivity (Wildman–Crippen MR) is 83.5 cm³/mol. The standard InChI is InChI=1S/C16H21FN2OS/c1-11-16(20)19(10-12-6-8-21-9-7-12)15(18-11)13-4-2-3-5-14(13)17/h2-5,11-12,15,18H,6-10H2,1H3. The van der Waals surface area contributed by atoms with Crippen LogP contribution in [-0.4, -0.2) is 34.9 Å². The van der Waals surface area contributed by atoms with Gasteiger partial charge in [-0.15, -0.1) is 0 Å². The molecule has 2 unspecified atom stereocenters. The Hall–Kier alpha value is -1.07. The first kappa shape index (κ1) is 14.9. The molecule has 2 heterocycles. The highest BCUT2D eigenvalue weighted by atomic mass is 32.2. The zero-order chi connectivity index (χ0) is 14.8. The average Bonchev–Trinajstić information content (AvgIpc) is 2.77. The van der Waals surface area contributed by atoms with Crippen LogP contribution >= 0.6 is 11.8 Å². The smallest absolute Gasteiger partial charge is 0.241 e. The third-order valence-corrected chi connectivity index (χ3v) is 5.42. The van der Waals surface area contributed by atoms with Crippen LogP contribution in [0.2, 0.25) is 0 Å². The molecule has 0 bridgehead atoms. The Morgan fingerprint density at radius 1 is 1.33 bits per heavy atom. The Balaban J connectivity index is 1.81. The molecule has 1 aromatic rings. The van der Waals surface area contributed by atoms with Crippen molar-refractivity contribution in [2.45, 2.75) is 32.0 Å². The third-order valence-electron chi connectivity index (χ3n) is 4.37. The van der Waals surface area contributed by atoms with Crippen LogP contribution in [0.25, 0.3) is 0 Å². The second kappa shape index (κ2) is 6.36. The van der Waals surface area contributed by atoms with Gasteiger partial charge < -0.3 is 4.90 Å². The maximum atomic E-state index is 14.1. The molecule has 0 saturated carbocycles. The molecule has 0 aliphatic carbocycles. The van der Waals surface area contributed by atoms with Crippen molar-refractivity contribution in [3.8, 4) is 0 Å². The molecular weight excluding hydrogens is 287 g/mol. The van der Waals surface area contributed by atoms with E-state index in [-0.39, 0.29) is 23.9 Å². The first-order valence-corrected chi connectivity index (χ1v) is 8.71. The van der Waals surface area contributed by atoms with Gasteiger partial charge in [-0.1, -0.05) is 18.2 Å². The highest BCUT2D eigenvalue weighted by Crippen LogP contribution is 2.31. The summed E-state index contributed by atoms with van der Waals surface area (Å²) in [7, 11) is 0. The molecule has 0 spiro atoms. The number of benzene rings is 1. The summed E-state index contributed by atoms with van der Waals surface area (Å²) in [5.41, 5.74) is 0.570. The highest BCUT2D eigenvalue weighted by molar-refractivity contribution is 7.99. The van der Waals surface area contributed by atoms with Crippen molar-refractivity contribution in [2.75, 3.05) is 18.1 Å². The fourth-order valence-corrected chi connectivity index (χ4v) is 4.34. The van der Waals surface area contributed by atoms with E-state index in [2.05, 4.69) is 5.32 Å². The molecule has 5 heteroatoms. The van der Waals surface area contributed by atoms with Crippen LogP contribution in [0.3, 0.4) is 0 Å². The molecule has 3 nitrogen and oxygen atoms in total.